The van der Waals surface area contributed by atoms with Crippen LogP contribution in [-0.2, 0) is 0 Å². The number of carbonyl (C=O) groups is 1. The molecule has 2 aromatic heterocycles. The van der Waals surface area contributed by atoms with E-state index in [0.717, 1.165) is 30.2 Å². The third kappa shape index (κ3) is 3.44. The Morgan fingerprint density at radius 2 is 2.15 bits per heavy atom. The number of benzene rings is 1. The smallest absolute Gasteiger partial charge is 0.288 e. The van der Waals surface area contributed by atoms with Crippen molar-refractivity contribution in [3.8, 4) is 0 Å². The topological polar surface area (TPSA) is 79.6 Å². The monoisotopic (exact) mass is 383 g/mol. The van der Waals surface area contributed by atoms with Crippen LogP contribution in [0.3, 0.4) is 0 Å². The third-order valence-electron chi connectivity index (χ3n) is 4.84. The Bertz CT molecular complexity index is 1060. The quantitative estimate of drug-likeness (QED) is 0.752. The standard InChI is InChI=1S/C19H21N5O2S/c1-12-6-5-9-23(11-12)19-22-24-17(26)14(10-20-18(24)27-19)16(25)21-15-8-4-3-7-13(15)2/h3-4,7-8,10,12H,5-6,9,11H2,1-2H3,(H,21,25)/t12-/m1/s1. The molecule has 1 saturated heterocycles. The number of amides is 1. The highest BCUT2D eigenvalue weighted by Gasteiger charge is 2.22. The predicted molar refractivity (Wildman–Crippen MR) is 107 cm³/mol. The molecule has 0 spiro atoms. The molecule has 3 aromatic rings. The summed E-state index contributed by atoms with van der Waals surface area (Å²) in [6.07, 6.45) is 3.67. The van der Waals surface area contributed by atoms with Crippen LogP contribution in [0.25, 0.3) is 4.96 Å². The molecule has 1 aromatic carbocycles. The van der Waals surface area contributed by atoms with Gasteiger partial charge in [-0.25, -0.2) is 4.98 Å². The first-order chi connectivity index (χ1) is 13.0. The van der Waals surface area contributed by atoms with E-state index < -0.39 is 11.5 Å². The van der Waals surface area contributed by atoms with Gasteiger partial charge in [-0.1, -0.05) is 36.5 Å². The minimum absolute atomic E-state index is 0.0142. The number of fused-ring (bicyclic) bond motifs is 1. The molecule has 1 atom stereocenters. The number of nitrogens with zero attached hydrogens (tertiary/aromatic N) is 4. The molecular weight excluding hydrogens is 362 g/mol. The lowest BCUT2D eigenvalue weighted by molar-refractivity contribution is 0.102. The van der Waals surface area contributed by atoms with Crippen molar-refractivity contribution in [2.24, 2.45) is 5.92 Å². The number of piperidine rings is 1. The van der Waals surface area contributed by atoms with Gasteiger partial charge < -0.3 is 10.2 Å². The number of hydrogen-bond acceptors (Lipinski definition) is 6. The number of aryl methyl sites for hydroxylation is 1. The summed E-state index contributed by atoms with van der Waals surface area (Å²) in [4.78, 5) is 32.4. The Labute approximate surface area is 160 Å². The highest BCUT2D eigenvalue weighted by molar-refractivity contribution is 7.20. The summed E-state index contributed by atoms with van der Waals surface area (Å²) in [6.45, 7) is 5.98. The van der Waals surface area contributed by atoms with E-state index in [1.165, 1.54) is 28.5 Å². The van der Waals surface area contributed by atoms with E-state index in [2.05, 4.69) is 27.2 Å². The zero-order valence-electron chi connectivity index (χ0n) is 15.3. The average Bonchev–Trinajstić information content (AvgIpc) is 3.09. The van der Waals surface area contributed by atoms with Crippen LogP contribution in [0.2, 0.25) is 0 Å². The van der Waals surface area contributed by atoms with Crippen LogP contribution < -0.4 is 15.8 Å². The molecule has 1 N–H and O–H groups in total. The van der Waals surface area contributed by atoms with Crippen molar-refractivity contribution >= 4 is 33.0 Å². The number of carbonyl (C=O) groups excluding carboxylic acids is 1. The Hall–Kier alpha value is -2.74. The Morgan fingerprint density at radius 3 is 2.93 bits per heavy atom. The van der Waals surface area contributed by atoms with Gasteiger partial charge in [0.1, 0.15) is 5.56 Å². The van der Waals surface area contributed by atoms with Crippen LogP contribution in [0, 0.1) is 12.8 Å². The molecular formula is C19H21N5O2S. The average molecular weight is 383 g/mol. The minimum atomic E-state index is -0.475. The Morgan fingerprint density at radius 1 is 1.33 bits per heavy atom. The molecule has 0 aliphatic carbocycles. The maximum atomic E-state index is 12.8. The maximum absolute atomic E-state index is 12.8. The third-order valence-corrected chi connectivity index (χ3v) is 5.82. The second-order valence-electron chi connectivity index (χ2n) is 7.02. The van der Waals surface area contributed by atoms with Gasteiger partial charge in [-0.2, -0.15) is 4.52 Å². The SMILES string of the molecule is Cc1ccccc1NC(=O)c1cnc2sc(N3CCC[C@@H](C)C3)nn2c1=O. The summed E-state index contributed by atoms with van der Waals surface area (Å²) in [7, 11) is 0. The Kier molecular flexibility index (Phi) is 4.65. The first-order valence-electron chi connectivity index (χ1n) is 9.04. The van der Waals surface area contributed by atoms with Crippen molar-refractivity contribution in [3.05, 3.63) is 51.9 Å². The highest BCUT2D eigenvalue weighted by atomic mass is 32.1. The molecule has 1 aliphatic rings. The summed E-state index contributed by atoms with van der Waals surface area (Å²) in [6, 6.07) is 7.43. The zero-order valence-corrected chi connectivity index (χ0v) is 16.1. The van der Waals surface area contributed by atoms with E-state index >= 15 is 0 Å². The van der Waals surface area contributed by atoms with Crippen LogP contribution in [-0.4, -0.2) is 33.6 Å². The Balaban J connectivity index is 1.65. The minimum Gasteiger partial charge on any atom is -0.346 e. The van der Waals surface area contributed by atoms with Crippen molar-refractivity contribution in [1.29, 1.82) is 0 Å². The number of aromatic nitrogens is 3. The molecule has 27 heavy (non-hydrogen) atoms. The summed E-state index contributed by atoms with van der Waals surface area (Å²) in [5.74, 6) is 0.128. The fourth-order valence-electron chi connectivity index (χ4n) is 3.33. The largest absolute Gasteiger partial charge is 0.346 e. The molecule has 0 bridgehead atoms. The summed E-state index contributed by atoms with van der Waals surface area (Å²) in [5.41, 5.74) is 1.14. The fraction of sp³-hybridized carbons (Fsp3) is 0.368. The fourth-order valence-corrected chi connectivity index (χ4v) is 4.22. The van der Waals surface area contributed by atoms with Crippen LogP contribution in [0.5, 0.6) is 0 Å². The van der Waals surface area contributed by atoms with E-state index in [1.807, 2.05) is 25.1 Å². The van der Waals surface area contributed by atoms with Gasteiger partial charge in [-0.05, 0) is 37.3 Å². The molecule has 1 aliphatic heterocycles. The van der Waals surface area contributed by atoms with Crippen molar-refractivity contribution in [2.45, 2.75) is 26.7 Å². The van der Waals surface area contributed by atoms with Crippen LogP contribution in [0.1, 0.15) is 35.7 Å². The first-order valence-corrected chi connectivity index (χ1v) is 9.85. The lowest BCUT2D eigenvalue weighted by atomic mass is 10.0. The van der Waals surface area contributed by atoms with Crippen LogP contribution in [0.4, 0.5) is 10.8 Å². The lowest BCUT2D eigenvalue weighted by Crippen LogP contribution is -2.34. The molecule has 8 heteroatoms. The number of nitrogens with one attached hydrogen (secondary N) is 1. The number of rotatable bonds is 3. The molecule has 0 radical (unpaired) electrons. The molecule has 3 heterocycles. The molecule has 1 amide bonds. The maximum Gasteiger partial charge on any atom is 0.288 e. The van der Waals surface area contributed by atoms with Crippen LogP contribution in [0.15, 0.2) is 35.3 Å². The van der Waals surface area contributed by atoms with Crippen molar-refractivity contribution in [2.75, 3.05) is 23.3 Å². The lowest BCUT2D eigenvalue weighted by Gasteiger charge is -2.30. The molecule has 4 rings (SSSR count). The molecule has 0 unspecified atom stereocenters. The van der Waals surface area contributed by atoms with Gasteiger partial charge in [-0.15, -0.1) is 5.10 Å². The highest BCUT2D eigenvalue weighted by Crippen LogP contribution is 2.26. The summed E-state index contributed by atoms with van der Waals surface area (Å²) < 4.78 is 1.24. The van der Waals surface area contributed by atoms with E-state index in [9.17, 15) is 9.59 Å². The second-order valence-corrected chi connectivity index (χ2v) is 7.95. The van der Waals surface area contributed by atoms with E-state index in [0.29, 0.717) is 16.6 Å². The number of para-hydroxylation sites is 1. The summed E-state index contributed by atoms with van der Waals surface area (Å²) >= 11 is 1.38. The van der Waals surface area contributed by atoms with E-state index in [1.54, 1.807) is 6.07 Å². The number of hydrogen-bond donors (Lipinski definition) is 1. The van der Waals surface area contributed by atoms with Gasteiger partial charge in [0.2, 0.25) is 10.1 Å². The van der Waals surface area contributed by atoms with Gasteiger partial charge >= 0.3 is 0 Å². The van der Waals surface area contributed by atoms with Crippen LogP contribution >= 0.6 is 11.3 Å². The normalized spacial score (nSPS) is 17.3. The van der Waals surface area contributed by atoms with Gasteiger partial charge in [0.25, 0.3) is 11.5 Å². The molecule has 140 valence electrons. The molecule has 1 fully saturated rings. The molecule has 0 saturated carbocycles. The van der Waals surface area contributed by atoms with Crippen molar-refractivity contribution in [1.82, 2.24) is 14.6 Å². The van der Waals surface area contributed by atoms with Gasteiger partial charge in [0, 0.05) is 25.0 Å². The zero-order chi connectivity index (χ0) is 19.0. The second kappa shape index (κ2) is 7.11. The van der Waals surface area contributed by atoms with E-state index in [4.69, 9.17) is 0 Å². The van der Waals surface area contributed by atoms with Gasteiger partial charge in [0.05, 0.1) is 0 Å². The first kappa shape index (κ1) is 17.7. The van der Waals surface area contributed by atoms with Crippen molar-refractivity contribution < 1.29 is 4.79 Å². The molecule has 7 nitrogen and oxygen atoms in total. The van der Waals surface area contributed by atoms with Crippen molar-refractivity contribution in [3.63, 3.8) is 0 Å². The summed E-state index contributed by atoms with van der Waals surface area (Å²) in [5, 5.41) is 8.01. The van der Waals surface area contributed by atoms with Gasteiger partial charge in [-0.3, -0.25) is 9.59 Å². The van der Waals surface area contributed by atoms with E-state index in [-0.39, 0.29) is 5.56 Å². The van der Waals surface area contributed by atoms with Gasteiger partial charge in [0.15, 0.2) is 0 Å². The number of anilines is 2. The predicted octanol–water partition coefficient (Wildman–Crippen LogP) is 2.95.